The van der Waals surface area contributed by atoms with E-state index >= 15 is 0 Å². The summed E-state index contributed by atoms with van der Waals surface area (Å²) >= 11 is 0. The van der Waals surface area contributed by atoms with Crippen molar-refractivity contribution in [2.24, 2.45) is 0 Å². The average molecular weight is 298 g/mol. The Balaban J connectivity index is 2.00. The van der Waals surface area contributed by atoms with Crippen molar-refractivity contribution < 1.29 is 8.42 Å². The first-order valence-corrected chi connectivity index (χ1v) is 8.87. The summed E-state index contributed by atoms with van der Waals surface area (Å²) in [7, 11) is -2.87. The first-order chi connectivity index (χ1) is 9.48. The number of sulfone groups is 1. The maximum absolute atomic E-state index is 11.5. The van der Waals surface area contributed by atoms with E-state index in [4.69, 9.17) is 0 Å². The molecule has 1 aromatic rings. The third-order valence-electron chi connectivity index (χ3n) is 3.26. The van der Waals surface area contributed by atoms with E-state index in [0.29, 0.717) is 18.1 Å². The quantitative estimate of drug-likeness (QED) is 0.776. The lowest BCUT2D eigenvalue weighted by Crippen LogP contribution is -2.21. The molecule has 0 radical (unpaired) electrons. The summed E-state index contributed by atoms with van der Waals surface area (Å²) in [5.41, 5.74) is 0. The molecule has 0 spiro atoms. The van der Waals surface area contributed by atoms with Gasteiger partial charge in [0.25, 0.3) is 0 Å². The molecule has 1 aliphatic heterocycles. The Morgan fingerprint density at radius 3 is 2.75 bits per heavy atom. The number of hydrogen-bond donors (Lipinski definition) is 2. The van der Waals surface area contributed by atoms with Crippen molar-refractivity contribution in [3.8, 4) is 0 Å². The summed E-state index contributed by atoms with van der Waals surface area (Å²) in [6.07, 6.45) is 2.86. The molecular weight excluding hydrogens is 276 g/mol. The monoisotopic (exact) mass is 298 g/mol. The van der Waals surface area contributed by atoms with Crippen LogP contribution in [-0.2, 0) is 9.84 Å². The van der Waals surface area contributed by atoms with Crippen LogP contribution >= 0.6 is 0 Å². The van der Waals surface area contributed by atoms with Gasteiger partial charge in [-0.15, -0.1) is 0 Å². The lowest BCUT2D eigenvalue weighted by molar-refractivity contribution is 0.602. The Labute approximate surface area is 120 Å². The van der Waals surface area contributed by atoms with Crippen molar-refractivity contribution in [1.29, 1.82) is 0 Å². The number of aromatic nitrogens is 2. The smallest absolute Gasteiger partial charge is 0.152 e. The third-order valence-corrected chi connectivity index (χ3v) is 5.03. The summed E-state index contributed by atoms with van der Waals surface area (Å²) in [5.74, 6) is 2.60. The Morgan fingerprint density at radius 1 is 1.35 bits per heavy atom. The van der Waals surface area contributed by atoms with E-state index in [9.17, 15) is 8.42 Å². The first kappa shape index (κ1) is 15.0. The molecule has 1 atom stereocenters. The molecule has 112 valence electrons. The van der Waals surface area contributed by atoms with Gasteiger partial charge < -0.3 is 10.6 Å². The number of aryl methyl sites for hydroxylation is 1. The van der Waals surface area contributed by atoms with Crippen LogP contribution < -0.4 is 10.6 Å². The van der Waals surface area contributed by atoms with Gasteiger partial charge in [0.1, 0.15) is 17.5 Å². The summed E-state index contributed by atoms with van der Waals surface area (Å²) in [4.78, 5) is 8.64. The predicted octanol–water partition coefficient (Wildman–Crippen LogP) is 1.60. The number of nitrogens with zero attached hydrogens (tertiary/aromatic N) is 2. The van der Waals surface area contributed by atoms with E-state index in [1.807, 2.05) is 13.0 Å². The molecule has 0 amide bonds. The van der Waals surface area contributed by atoms with Gasteiger partial charge in [0, 0.05) is 18.7 Å². The van der Waals surface area contributed by atoms with Crippen LogP contribution in [0.4, 0.5) is 11.6 Å². The molecule has 1 fully saturated rings. The van der Waals surface area contributed by atoms with E-state index < -0.39 is 9.84 Å². The fourth-order valence-corrected chi connectivity index (χ4v) is 3.92. The highest BCUT2D eigenvalue weighted by Crippen LogP contribution is 2.18. The van der Waals surface area contributed by atoms with Gasteiger partial charge in [0.15, 0.2) is 9.84 Å². The molecule has 0 bridgehead atoms. The van der Waals surface area contributed by atoms with E-state index in [0.717, 1.165) is 25.2 Å². The second-order valence-corrected chi connectivity index (χ2v) is 7.44. The Bertz CT molecular complexity index is 559. The molecule has 6 nitrogen and oxygen atoms in total. The lowest BCUT2D eigenvalue weighted by Gasteiger charge is -2.13. The number of unbranched alkanes of at least 4 members (excludes halogenated alkanes) is 1. The molecule has 2 N–H and O–H groups in total. The van der Waals surface area contributed by atoms with Crippen LogP contribution in [0.15, 0.2) is 6.07 Å². The van der Waals surface area contributed by atoms with Crippen LogP contribution in [0.1, 0.15) is 32.0 Å². The highest BCUT2D eigenvalue weighted by atomic mass is 32.2. The van der Waals surface area contributed by atoms with Gasteiger partial charge in [-0.05, 0) is 19.8 Å². The Hall–Kier alpha value is -1.37. The summed E-state index contributed by atoms with van der Waals surface area (Å²) in [6.45, 7) is 4.85. The molecule has 2 heterocycles. The highest BCUT2D eigenvalue weighted by molar-refractivity contribution is 7.91. The van der Waals surface area contributed by atoms with Crippen LogP contribution in [0.2, 0.25) is 0 Å². The molecule has 1 saturated heterocycles. The normalized spacial score (nSPS) is 20.8. The van der Waals surface area contributed by atoms with Gasteiger partial charge in [-0.3, -0.25) is 0 Å². The fourth-order valence-electron chi connectivity index (χ4n) is 2.24. The van der Waals surface area contributed by atoms with Crippen molar-refractivity contribution in [2.45, 2.75) is 39.2 Å². The summed E-state index contributed by atoms with van der Waals surface area (Å²) in [5, 5.41) is 6.46. The van der Waals surface area contributed by atoms with Crippen LogP contribution in [0, 0.1) is 6.92 Å². The van der Waals surface area contributed by atoms with Crippen LogP contribution in [0.25, 0.3) is 0 Å². The molecule has 1 aromatic heterocycles. The van der Waals surface area contributed by atoms with Gasteiger partial charge in [-0.25, -0.2) is 18.4 Å². The largest absolute Gasteiger partial charge is 0.370 e. The summed E-state index contributed by atoms with van der Waals surface area (Å²) < 4.78 is 22.9. The zero-order chi connectivity index (χ0) is 14.6. The zero-order valence-electron chi connectivity index (χ0n) is 12.0. The van der Waals surface area contributed by atoms with Crippen molar-refractivity contribution in [2.75, 3.05) is 28.7 Å². The van der Waals surface area contributed by atoms with Gasteiger partial charge in [0.05, 0.1) is 11.5 Å². The van der Waals surface area contributed by atoms with E-state index in [1.165, 1.54) is 0 Å². The number of anilines is 2. The SMILES string of the molecule is CCCCNc1cc(NC2CCS(=O)(=O)C2)nc(C)n1. The van der Waals surface area contributed by atoms with Gasteiger partial charge in [0.2, 0.25) is 0 Å². The zero-order valence-corrected chi connectivity index (χ0v) is 12.8. The minimum Gasteiger partial charge on any atom is -0.370 e. The molecule has 1 unspecified atom stereocenters. The van der Waals surface area contributed by atoms with Crippen molar-refractivity contribution in [1.82, 2.24) is 9.97 Å². The van der Waals surface area contributed by atoms with Crippen molar-refractivity contribution in [3.05, 3.63) is 11.9 Å². The molecule has 20 heavy (non-hydrogen) atoms. The average Bonchev–Trinajstić information content (AvgIpc) is 2.68. The first-order valence-electron chi connectivity index (χ1n) is 7.05. The Kier molecular flexibility index (Phi) is 4.80. The molecule has 7 heteroatoms. The maximum Gasteiger partial charge on any atom is 0.152 e. The number of hydrogen-bond acceptors (Lipinski definition) is 6. The summed E-state index contributed by atoms with van der Waals surface area (Å²) in [6, 6.07) is 1.80. The van der Waals surface area contributed by atoms with Crippen LogP contribution in [-0.4, -0.2) is 42.5 Å². The Morgan fingerprint density at radius 2 is 2.10 bits per heavy atom. The topological polar surface area (TPSA) is 84.0 Å². The molecule has 0 aliphatic carbocycles. The molecule has 1 aliphatic rings. The molecule has 0 aromatic carbocycles. The predicted molar refractivity (Wildman–Crippen MR) is 80.8 cm³/mol. The fraction of sp³-hybridized carbons (Fsp3) is 0.692. The molecule has 2 rings (SSSR count). The molecule has 0 saturated carbocycles. The van der Waals surface area contributed by atoms with Gasteiger partial charge >= 0.3 is 0 Å². The van der Waals surface area contributed by atoms with Crippen molar-refractivity contribution in [3.63, 3.8) is 0 Å². The second-order valence-electron chi connectivity index (χ2n) is 5.21. The van der Waals surface area contributed by atoms with Crippen molar-refractivity contribution >= 4 is 21.5 Å². The van der Waals surface area contributed by atoms with E-state index in [1.54, 1.807) is 0 Å². The van der Waals surface area contributed by atoms with Crippen LogP contribution in [0.3, 0.4) is 0 Å². The lowest BCUT2D eigenvalue weighted by atomic mass is 10.2. The standard InChI is InChI=1S/C13H22N4O2S/c1-3-4-6-14-12-8-13(16-10(2)15-12)17-11-5-7-20(18,19)9-11/h8,11H,3-7,9H2,1-2H3,(H2,14,15,16,17). The minimum absolute atomic E-state index is 0.0437. The number of nitrogens with one attached hydrogen (secondary N) is 2. The third kappa shape index (κ3) is 4.33. The molecular formula is C13H22N4O2S. The van der Waals surface area contributed by atoms with Gasteiger partial charge in [-0.1, -0.05) is 13.3 Å². The second kappa shape index (κ2) is 6.39. The van der Waals surface area contributed by atoms with E-state index in [2.05, 4.69) is 27.5 Å². The number of rotatable bonds is 6. The van der Waals surface area contributed by atoms with Crippen LogP contribution in [0.5, 0.6) is 0 Å². The van der Waals surface area contributed by atoms with E-state index in [-0.39, 0.29) is 17.5 Å². The minimum atomic E-state index is -2.87. The van der Waals surface area contributed by atoms with Gasteiger partial charge in [-0.2, -0.15) is 0 Å². The maximum atomic E-state index is 11.5. The highest BCUT2D eigenvalue weighted by Gasteiger charge is 2.28.